The minimum absolute atomic E-state index is 0.695. The van der Waals surface area contributed by atoms with Crippen LogP contribution in [-0.2, 0) is 14.1 Å². The first-order chi connectivity index (χ1) is 17.1. The lowest BCUT2D eigenvalue weighted by Crippen LogP contribution is -1.99. The highest BCUT2D eigenvalue weighted by Crippen LogP contribution is 2.33. The fourth-order valence-electron chi connectivity index (χ4n) is 5.35. The summed E-state index contributed by atoms with van der Waals surface area (Å²) in [4.78, 5) is 14.3. The zero-order chi connectivity index (χ0) is 23.7. The first-order valence-corrected chi connectivity index (χ1v) is 11.8. The fraction of sp³-hybridized carbons (Fsp3) is 0.100. The molecule has 5 nitrogen and oxygen atoms in total. The maximum absolute atomic E-state index is 4.93. The van der Waals surface area contributed by atoms with Gasteiger partial charge in [-0.3, -0.25) is 0 Å². The number of fused-ring (bicyclic) bond motifs is 6. The van der Waals surface area contributed by atoms with Crippen molar-refractivity contribution in [1.29, 1.82) is 0 Å². The lowest BCUT2D eigenvalue weighted by atomic mass is 10.1. The maximum Gasteiger partial charge on any atom is 0.163 e. The Hall–Kier alpha value is -4.51. The number of nitrogens with zero attached hydrogens (tertiary/aromatic N) is 5. The van der Waals surface area contributed by atoms with Gasteiger partial charge < -0.3 is 9.13 Å². The predicted octanol–water partition coefficient (Wildman–Crippen LogP) is 6.80. The highest BCUT2D eigenvalue weighted by molar-refractivity contribution is 6.10. The van der Waals surface area contributed by atoms with Gasteiger partial charge in [-0.25, -0.2) is 15.0 Å². The van der Waals surface area contributed by atoms with Crippen LogP contribution in [0.1, 0.15) is 5.82 Å². The highest BCUT2D eigenvalue weighted by atomic mass is 15.0. The molecule has 5 heteroatoms. The summed E-state index contributed by atoms with van der Waals surface area (Å²) in [6.07, 6.45) is 0. The zero-order valence-corrected chi connectivity index (χ0v) is 19.8. The lowest BCUT2D eigenvalue weighted by Gasteiger charge is -2.07. The molecule has 0 aliphatic rings. The van der Waals surface area contributed by atoms with Crippen molar-refractivity contribution in [2.75, 3.05) is 0 Å². The standard InChI is InChI=1S/C30H23N5/c1-18-31-29(19-12-14-27-23(16-19)21-8-4-6-10-25(21)34(27)2)33-30(32-18)20-13-15-28-24(17-20)22-9-5-7-11-26(22)35(28)3/h4-17H,1-3H3. The second-order valence-electron chi connectivity index (χ2n) is 9.15. The number of aromatic nitrogens is 5. The Labute approximate surface area is 202 Å². The first kappa shape index (κ1) is 19.9. The number of benzene rings is 4. The van der Waals surface area contributed by atoms with E-state index in [4.69, 9.17) is 15.0 Å². The number of hydrogen-bond acceptors (Lipinski definition) is 3. The molecular formula is C30H23N5. The molecule has 7 aromatic rings. The Bertz CT molecular complexity index is 1800. The third-order valence-corrected chi connectivity index (χ3v) is 7.09. The summed E-state index contributed by atoms with van der Waals surface area (Å²) in [6.45, 7) is 1.93. The van der Waals surface area contributed by atoms with Crippen molar-refractivity contribution < 1.29 is 0 Å². The second-order valence-corrected chi connectivity index (χ2v) is 9.15. The van der Waals surface area contributed by atoms with E-state index in [1.165, 1.54) is 43.6 Å². The van der Waals surface area contributed by atoms with Crippen LogP contribution in [0.4, 0.5) is 0 Å². The molecule has 4 aromatic carbocycles. The molecule has 3 aromatic heterocycles. The van der Waals surface area contributed by atoms with E-state index in [9.17, 15) is 0 Å². The summed E-state index contributed by atoms with van der Waals surface area (Å²) in [6, 6.07) is 29.9. The van der Waals surface area contributed by atoms with Gasteiger partial charge in [0.05, 0.1) is 0 Å². The predicted molar refractivity (Wildman–Crippen MR) is 143 cm³/mol. The van der Waals surface area contributed by atoms with Gasteiger partial charge in [-0.05, 0) is 55.5 Å². The average molecular weight is 454 g/mol. The van der Waals surface area contributed by atoms with Crippen molar-refractivity contribution in [2.24, 2.45) is 14.1 Å². The van der Waals surface area contributed by atoms with Gasteiger partial charge in [-0.2, -0.15) is 0 Å². The maximum atomic E-state index is 4.93. The van der Waals surface area contributed by atoms with Gasteiger partial charge in [0.1, 0.15) is 5.82 Å². The van der Waals surface area contributed by atoms with Crippen molar-refractivity contribution in [3.05, 3.63) is 90.8 Å². The number of para-hydroxylation sites is 2. The van der Waals surface area contributed by atoms with Crippen LogP contribution < -0.4 is 0 Å². The van der Waals surface area contributed by atoms with Crippen LogP contribution in [0.15, 0.2) is 84.9 Å². The monoisotopic (exact) mass is 453 g/mol. The molecule has 0 aliphatic carbocycles. The van der Waals surface area contributed by atoms with E-state index in [0.717, 1.165) is 11.1 Å². The molecule has 0 saturated carbocycles. The van der Waals surface area contributed by atoms with Gasteiger partial charge in [0, 0.05) is 68.8 Å². The van der Waals surface area contributed by atoms with Crippen LogP contribution >= 0.6 is 0 Å². The molecule has 0 radical (unpaired) electrons. The molecule has 168 valence electrons. The van der Waals surface area contributed by atoms with Crippen LogP contribution in [0.5, 0.6) is 0 Å². The Morgan fingerprint density at radius 2 is 0.914 bits per heavy atom. The average Bonchev–Trinajstić information content (AvgIpc) is 3.35. The summed E-state index contributed by atoms with van der Waals surface area (Å²) in [5.41, 5.74) is 6.81. The SMILES string of the molecule is Cc1nc(-c2ccc3c(c2)c2ccccc2n3C)nc(-c2ccc3c(c2)c2ccccc2n3C)n1. The van der Waals surface area contributed by atoms with E-state index < -0.39 is 0 Å². The molecule has 7 rings (SSSR count). The second kappa shape index (κ2) is 7.24. The lowest BCUT2D eigenvalue weighted by molar-refractivity contribution is 0.991. The van der Waals surface area contributed by atoms with Crippen LogP contribution in [0.25, 0.3) is 66.4 Å². The van der Waals surface area contributed by atoms with E-state index >= 15 is 0 Å². The van der Waals surface area contributed by atoms with Crippen molar-refractivity contribution in [2.45, 2.75) is 6.92 Å². The van der Waals surface area contributed by atoms with Gasteiger partial charge in [-0.15, -0.1) is 0 Å². The zero-order valence-electron chi connectivity index (χ0n) is 19.8. The van der Waals surface area contributed by atoms with Gasteiger partial charge in [-0.1, -0.05) is 36.4 Å². The molecule has 35 heavy (non-hydrogen) atoms. The van der Waals surface area contributed by atoms with Gasteiger partial charge in [0.25, 0.3) is 0 Å². The highest BCUT2D eigenvalue weighted by Gasteiger charge is 2.14. The molecule has 0 spiro atoms. The summed E-state index contributed by atoms with van der Waals surface area (Å²) in [5.74, 6) is 2.10. The van der Waals surface area contributed by atoms with Crippen molar-refractivity contribution in [3.8, 4) is 22.8 Å². The van der Waals surface area contributed by atoms with E-state index in [2.05, 4.69) is 108 Å². The van der Waals surface area contributed by atoms with Crippen molar-refractivity contribution in [3.63, 3.8) is 0 Å². The summed E-state index contributed by atoms with van der Waals surface area (Å²) < 4.78 is 4.47. The Balaban J connectivity index is 1.41. The summed E-state index contributed by atoms with van der Waals surface area (Å²) in [5, 5.41) is 4.88. The topological polar surface area (TPSA) is 48.5 Å². The molecular weight excluding hydrogens is 430 g/mol. The van der Waals surface area contributed by atoms with E-state index in [1.807, 2.05) is 6.92 Å². The molecule has 0 amide bonds. The van der Waals surface area contributed by atoms with Crippen LogP contribution in [0.3, 0.4) is 0 Å². The van der Waals surface area contributed by atoms with Crippen LogP contribution in [-0.4, -0.2) is 24.1 Å². The molecule has 0 atom stereocenters. The molecule has 0 N–H and O–H groups in total. The number of hydrogen-bond donors (Lipinski definition) is 0. The van der Waals surface area contributed by atoms with Gasteiger partial charge >= 0.3 is 0 Å². The minimum Gasteiger partial charge on any atom is -0.344 e. The fourth-order valence-corrected chi connectivity index (χ4v) is 5.35. The quantitative estimate of drug-likeness (QED) is 0.289. The van der Waals surface area contributed by atoms with E-state index in [0.29, 0.717) is 17.5 Å². The normalized spacial score (nSPS) is 11.9. The molecule has 0 unspecified atom stereocenters. The summed E-state index contributed by atoms with van der Waals surface area (Å²) >= 11 is 0. The number of rotatable bonds is 2. The summed E-state index contributed by atoms with van der Waals surface area (Å²) in [7, 11) is 4.22. The largest absolute Gasteiger partial charge is 0.344 e. The van der Waals surface area contributed by atoms with E-state index in [1.54, 1.807) is 0 Å². The molecule has 0 aliphatic heterocycles. The molecule has 0 bridgehead atoms. The van der Waals surface area contributed by atoms with E-state index in [-0.39, 0.29) is 0 Å². The van der Waals surface area contributed by atoms with Gasteiger partial charge in [0.2, 0.25) is 0 Å². The van der Waals surface area contributed by atoms with Crippen LogP contribution in [0.2, 0.25) is 0 Å². The first-order valence-electron chi connectivity index (χ1n) is 11.8. The third kappa shape index (κ3) is 2.91. The van der Waals surface area contributed by atoms with Crippen molar-refractivity contribution >= 4 is 43.6 Å². The Morgan fingerprint density at radius 3 is 1.40 bits per heavy atom. The van der Waals surface area contributed by atoms with Gasteiger partial charge in [0.15, 0.2) is 11.6 Å². The minimum atomic E-state index is 0.695. The number of aryl methyl sites for hydroxylation is 3. The molecule has 3 heterocycles. The van der Waals surface area contributed by atoms with Crippen LogP contribution in [0, 0.1) is 6.92 Å². The Morgan fingerprint density at radius 1 is 0.486 bits per heavy atom. The Kier molecular flexibility index (Phi) is 4.12. The van der Waals surface area contributed by atoms with Crippen molar-refractivity contribution in [1.82, 2.24) is 24.1 Å². The third-order valence-electron chi connectivity index (χ3n) is 7.09. The molecule has 0 saturated heterocycles. The smallest absolute Gasteiger partial charge is 0.163 e. The molecule has 0 fully saturated rings.